The molecule has 1 saturated heterocycles. The molecule has 1 rings (SSSR count). The molecule has 0 bridgehead atoms. The van der Waals surface area contributed by atoms with Crippen LogP contribution in [0.1, 0.15) is 6.42 Å². The summed E-state index contributed by atoms with van der Waals surface area (Å²) in [6, 6.07) is -1.39. The van der Waals surface area contributed by atoms with Gasteiger partial charge in [0.15, 0.2) is 0 Å². The molecular weight excluding hydrogens is 150 g/mol. The molecule has 6 nitrogen and oxygen atoms in total. The Morgan fingerprint density at radius 2 is 2.27 bits per heavy atom. The molecule has 0 aliphatic carbocycles. The van der Waals surface area contributed by atoms with Crippen LogP contribution in [0.3, 0.4) is 0 Å². The molecule has 0 saturated carbocycles. The van der Waals surface area contributed by atoms with Crippen molar-refractivity contribution in [1.29, 1.82) is 0 Å². The third-order valence-corrected chi connectivity index (χ3v) is 1.41. The Labute approximate surface area is 62.8 Å². The first-order valence-corrected chi connectivity index (χ1v) is 3.15. The van der Waals surface area contributed by atoms with Gasteiger partial charge in [0.1, 0.15) is 6.04 Å². The number of nitrogens with one attached hydrogen (secondary N) is 2. The van der Waals surface area contributed by atoms with Crippen LogP contribution in [0.5, 0.6) is 0 Å². The smallest absolute Gasteiger partial charge is 0.326 e. The van der Waals surface area contributed by atoms with Crippen molar-refractivity contribution >= 4 is 12.0 Å². The minimum atomic E-state index is -1.06. The van der Waals surface area contributed by atoms with Gasteiger partial charge in [0, 0.05) is 6.42 Å². The maximum atomic E-state index is 10.6. The van der Waals surface area contributed by atoms with E-state index in [0.717, 1.165) is 0 Å². The summed E-state index contributed by atoms with van der Waals surface area (Å²) in [6.45, 7) is 0. The normalized spacial score (nSPS) is 30.5. The highest BCUT2D eigenvalue weighted by atomic mass is 16.4. The summed E-state index contributed by atoms with van der Waals surface area (Å²) >= 11 is 0. The Bertz CT molecular complexity index is 193. The van der Waals surface area contributed by atoms with Gasteiger partial charge in [-0.1, -0.05) is 0 Å². The van der Waals surface area contributed by atoms with Crippen LogP contribution in [0.2, 0.25) is 0 Å². The van der Waals surface area contributed by atoms with E-state index in [9.17, 15) is 9.59 Å². The molecular formula is C5H9N3O3. The molecule has 0 aromatic heterocycles. The van der Waals surface area contributed by atoms with E-state index in [2.05, 4.69) is 10.6 Å². The molecule has 2 unspecified atom stereocenters. The first-order valence-electron chi connectivity index (χ1n) is 3.15. The van der Waals surface area contributed by atoms with E-state index < -0.39 is 24.2 Å². The van der Waals surface area contributed by atoms with Crippen LogP contribution >= 0.6 is 0 Å². The maximum absolute atomic E-state index is 10.6. The first-order chi connectivity index (χ1) is 5.09. The number of urea groups is 1. The largest absolute Gasteiger partial charge is 0.480 e. The van der Waals surface area contributed by atoms with E-state index in [0.29, 0.717) is 0 Å². The van der Waals surface area contributed by atoms with Crippen molar-refractivity contribution in [2.45, 2.75) is 18.6 Å². The molecule has 0 aromatic carbocycles. The van der Waals surface area contributed by atoms with Crippen LogP contribution in [0.15, 0.2) is 0 Å². The monoisotopic (exact) mass is 159 g/mol. The van der Waals surface area contributed by atoms with Crippen LogP contribution in [-0.4, -0.2) is 29.3 Å². The van der Waals surface area contributed by atoms with Crippen LogP contribution in [0.4, 0.5) is 4.79 Å². The summed E-state index contributed by atoms with van der Waals surface area (Å²) in [7, 11) is 0. The van der Waals surface area contributed by atoms with Gasteiger partial charge in [-0.2, -0.15) is 0 Å². The van der Waals surface area contributed by atoms with Crippen LogP contribution in [-0.2, 0) is 4.79 Å². The maximum Gasteiger partial charge on any atom is 0.326 e. The SMILES string of the molecule is NC1CC(C(=O)O)NC(=O)N1. The summed E-state index contributed by atoms with van der Waals surface area (Å²) in [5.74, 6) is -1.06. The second-order valence-corrected chi connectivity index (χ2v) is 2.35. The van der Waals surface area contributed by atoms with Gasteiger partial charge in [0.25, 0.3) is 0 Å². The highest BCUT2D eigenvalue weighted by Crippen LogP contribution is 1.99. The highest BCUT2D eigenvalue weighted by molar-refractivity contribution is 5.84. The number of carbonyl (C=O) groups is 2. The summed E-state index contributed by atoms with van der Waals surface area (Å²) in [6.07, 6.45) is -0.356. The molecule has 62 valence electrons. The molecule has 11 heavy (non-hydrogen) atoms. The van der Waals surface area contributed by atoms with E-state index in [4.69, 9.17) is 10.8 Å². The van der Waals surface area contributed by atoms with Gasteiger partial charge in [-0.3, -0.25) is 0 Å². The number of aliphatic carboxylic acids is 1. The van der Waals surface area contributed by atoms with Crippen LogP contribution < -0.4 is 16.4 Å². The molecule has 0 radical (unpaired) electrons. The molecule has 1 fully saturated rings. The predicted molar refractivity (Wildman–Crippen MR) is 35.7 cm³/mol. The zero-order valence-electron chi connectivity index (χ0n) is 5.70. The quantitative estimate of drug-likeness (QED) is 0.371. The highest BCUT2D eigenvalue weighted by Gasteiger charge is 2.27. The van der Waals surface area contributed by atoms with Crippen molar-refractivity contribution in [3.05, 3.63) is 0 Å². The van der Waals surface area contributed by atoms with Gasteiger partial charge < -0.3 is 21.5 Å². The fraction of sp³-hybridized carbons (Fsp3) is 0.600. The van der Waals surface area contributed by atoms with Crippen LogP contribution in [0, 0.1) is 0 Å². The van der Waals surface area contributed by atoms with Crippen molar-refractivity contribution in [1.82, 2.24) is 10.6 Å². The number of hydrogen-bond donors (Lipinski definition) is 4. The van der Waals surface area contributed by atoms with Crippen LogP contribution in [0.25, 0.3) is 0 Å². The third-order valence-electron chi connectivity index (χ3n) is 1.41. The summed E-state index contributed by atoms with van der Waals surface area (Å²) < 4.78 is 0. The van der Waals surface area contributed by atoms with Crippen molar-refractivity contribution < 1.29 is 14.7 Å². The fourth-order valence-electron chi connectivity index (χ4n) is 0.903. The van der Waals surface area contributed by atoms with E-state index in [1.807, 2.05) is 0 Å². The lowest BCUT2D eigenvalue weighted by Gasteiger charge is -2.25. The Kier molecular flexibility index (Phi) is 1.95. The molecule has 5 N–H and O–H groups in total. The predicted octanol–water partition coefficient (Wildman–Crippen LogP) is -1.57. The van der Waals surface area contributed by atoms with Gasteiger partial charge in [-0.15, -0.1) is 0 Å². The van der Waals surface area contributed by atoms with Gasteiger partial charge in [0.05, 0.1) is 6.17 Å². The molecule has 0 aromatic rings. The molecule has 2 atom stereocenters. The zero-order chi connectivity index (χ0) is 8.43. The molecule has 0 spiro atoms. The topological polar surface area (TPSA) is 104 Å². The Balaban J connectivity index is 2.56. The van der Waals surface area contributed by atoms with Gasteiger partial charge in [-0.25, -0.2) is 9.59 Å². The lowest BCUT2D eigenvalue weighted by atomic mass is 10.1. The number of amides is 2. The molecule has 2 amide bonds. The summed E-state index contributed by atoms with van der Waals surface area (Å²) in [4.78, 5) is 21.0. The van der Waals surface area contributed by atoms with Gasteiger partial charge >= 0.3 is 12.0 Å². The lowest BCUT2D eigenvalue weighted by molar-refractivity contribution is -0.139. The Hall–Kier alpha value is -1.30. The van der Waals surface area contributed by atoms with E-state index >= 15 is 0 Å². The zero-order valence-corrected chi connectivity index (χ0v) is 5.70. The number of nitrogens with two attached hydrogens (primary N) is 1. The molecule has 1 aliphatic rings. The van der Waals surface area contributed by atoms with Crippen molar-refractivity contribution in [2.24, 2.45) is 5.73 Å². The van der Waals surface area contributed by atoms with Crippen molar-refractivity contribution in [2.75, 3.05) is 0 Å². The number of rotatable bonds is 1. The Morgan fingerprint density at radius 3 is 2.73 bits per heavy atom. The number of hydrogen-bond acceptors (Lipinski definition) is 3. The summed E-state index contributed by atoms with van der Waals surface area (Å²) in [5, 5.41) is 13.0. The number of carboxylic acids is 1. The molecule has 6 heteroatoms. The van der Waals surface area contributed by atoms with Crippen molar-refractivity contribution in [3.8, 4) is 0 Å². The minimum absolute atomic E-state index is 0.209. The van der Waals surface area contributed by atoms with E-state index in [1.54, 1.807) is 0 Å². The van der Waals surface area contributed by atoms with E-state index in [-0.39, 0.29) is 6.42 Å². The average molecular weight is 159 g/mol. The first kappa shape index (κ1) is 7.80. The molecule has 1 heterocycles. The second-order valence-electron chi connectivity index (χ2n) is 2.35. The standard InChI is InChI=1S/C5H9N3O3/c6-3-1-2(4(9)10)7-5(11)8-3/h2-3H,1,6H2,(H,9,10)(H2,7,8,11). The number of carbonyl (C=O) groups excluding carboxylic acids is 1. The fourth-order valence-corrected chi connectivity index (χ4v) is 0.903. The third kappa shape index (κ3) is 1.81. The second kappa shape index (κ2) is 2.75. The van der Waals surface area contributed by atoms with E-state index in [1.165, 1.54) is 0 Å². The Morgan fingerprint density at radius 1 is 1.64 bits per heavy atom. The van der Waals surface area contributed by atoms with Crippen molar-refractivity contribution in [3.63, 3.8) is 0 Å². The average Bonchev–Trinajstić information content (AvgIpc) is 1.85. The number of carboxylic acid groups (broad SMARTS) is 1. The lowest BCUT2D eigenvalue weighted by Crippen LogP contribution is -2.59. The minimum Gasteiger partial charge on any atom is -0.480 e. The summed E-state index contributed by atoms with van der Waals surface area (Å²) in [5.41, 5.74) is 5.32. The molecule has 1 aliphatic heterocycles. The van der Waals surface area contributed by atoms with Gasteiger partial charge in [0.2, 0.25) is 0 Å². The van der Waals surface area contributed by atoms with Gasteiger partial charge in [-0.05, 0) is 0 Å².